The Bertz CT molecular complexity index is 913. The molecule has 132 valence electrons. The first-order chi connectivity index (χ1) is 12.7. The van der Waals surface area contributed by atoms with Crippen LogP contribution in [0.25, 0.3) is 5.69 Å². The van der Waals surface area contributed by atoms with Crippen molar-refractivity contribution in [2.45, 2.75) is 29.3 Å². The summed E-state index contributed by atoms with van der Waals surface area (Å²) < 4.78 is 1.59. The van der Waals surface area contributed by atoms with Crippen LogP contribution in [-0.4, -0.2) is 32.2 Å². The number of tetrazole rings is 1. The molecular weight excluding hydrogens is 370 g/mol. The van der Waals surface area contributed by atoms with E-state index in [1.165, 1.54) is 11.8 Å². The topological polar surface area (TPSA) is 72.7 Å². The maximum absolute atomic E-state index is 12.8. The van der Waals surface area contributed by atoms with Crippen molar-refractivity contribution in [1.82, 2.24) is 25.5 Å². The number of rotatable bonds is 6. The van der Waals surface area contributed by atoms with Gasteiger partial charge in [-0.1, -0.05) is 59.8 Å². The van der Waals surface area contributed by atoms with E-state index in [9.17, 15) is 4.79 Å². The van der Waals surface area contributed by atoms with Gasteiger partial charge in [0.25, 0.3) is 0 Å². The van der Waals surface area contributed by atoms with E-state index in [2.05, 4.69) is 20.8 Å². The van der Waals surface area contributed by atoms with Crippen LogP contribution in [0.4, 0.5) is 0 Å². The van der Waals surface area contributed by atoms with Gasteiger partial charge in [-0.2, -0.15) is 4.68 Å². The van der Waals surface area contributed by atoms with E-state index in [1.807, 2.05) is 42.5 Å². The number of amides is 1. The monoisotopic (exact) mass is 385 g/mol. The normalized spacial score (nSPS) is 14.8. The number of nitrogens with zero attached hydrogens (tertiary/aromatic N) is 4. The van der Waals surface area contributed by atoms with Gasteiger partial charge in [0.05, 0.1) is 5.69 Å². The molecule has 0 radical (unpaired) electrons. The van der Waals surface area contributed by atoms with Crippen molar-refractivity contribution < 1.29 is 4.79 Å². The molecule has 1 fully saturated rings. The lowest BCUT2D eigenvalue weighted by Crippen LogP contribution is -2.29. The zero-order chi connectivity index (χ0) is 17.9. The van der Waals surface area contributed by atoms with Crippen LogP contribution in [0.15, 0.2) is 59.8 Å². The Morgan fingerprint density at radius 2 is 2.00 bits per heavy atom. The summed E-state index contributed by atoms with van der Waals surface area (Å²) in [4.78, 5) is 12.8. The van der Waals surface area contributed by atoms with Gasteiger partial charge in [0.1, 0.15) is 5.25 Å². The van der Waals surface area contributed by atoms with Crippen molar-refractivity contribution in [1.29, 1.82) is 0 Å². The number of hydrogen-bond donors (Lipinski definition) is 1. The molecule has 1 aliphatic carbocycles. The van der Waals surface area contributed by atoms with E-state index >= 15 is 0 Å². The average molecular weight is 386 g/mol. The standard InChI is InChI=1S/C18H16ClN5OS/c19-13-7-4-8-15(11-13)24-18(21-22-23-24)26-16(12-5-2-1-3-6-12)17(25)20-14-9-10-14/h1-8,11,14,16H,9-10H2,(H,20,25)/t16-/m1/s1. The van der Waals surface area contributed by atoms with Crippen LogP contribution in [0, 0.1) is 0 Å². The summed E-state index contributed by atoms with van der Waals surface area (Å²) in [5.74, 6) is -0.0238. The first kappa shape index (κ1) is 17.1. The van der Waals surface area contributed by atoms with E-state index in [1.54, 1.807) is 16.8 Å². The Kier molecular flexibility index (Phi) is 4.90. The average Bonchev–Trinajstić information content (AvgIpc) is 3.34. The third-order valence-corrected chi connectivity index (χ3v) is 5.40. The van der Waals surface area contributed by atoms with Crippen LogP contribution in [0.3, 0.4) is 0 Å². The molecule has 2 aromatic carbocycles. The van der Waals surface area contributed by atoms with Crippen molar-refractivity contribution in [3.05, 3.63) is 65.2 Å². The van der Waals surface area contributed by atoms with Gasteiger partial charge < -0.3 is 5.32 Å². The highest BCUT2D eigenvalue weighted by atomic mass is 35.5. The molecule has 0 spiro atoms. The smallest absolute Gasteiger partial charge is 0.238 e. The summed E-state index contributed by atoms with van der Waals surface area (Å²) in [6.45, 7) is 0. The molecule has 1 saturated carbocycles. The number of hydrogen-bond acceptors (Lipinski definition) is 5. The maximum Gasteiger partial charge on any atom is 0.238 e. The summed E-state index contributed by atoms with van der Waals surface area (Å²) in [6, 6.07) is 17.2. The Labute approximate surface area is 159 Å². The molecule has 1 aliphatic rings. The van der Waals surface area contributed by atoms with Crippen LogP contribution >= 0.6 is 23.4 Å². The number of halogens is 1. The number of carbonyl (C=O) groups is 1. The van der Waals surface area contributed by atoms with Crippen molar-refractivity contribution in [2.75, 3.05) is 0 Å². The summed E-state index contributed by atoms with van der Waals surface area (Å²) in [5.41, 5.74) is 1.66. The van der Waals surface area contributed by atoms with Crippen LogP contribution < -0.4 is 5.32 Å². The Morgan fingerprint density at radius 1 is 1.19 bits per heavy atom. The number of carbonyl (C=O) groups excluding carboxylic acids is 1. The van der Waals surface area contributed by atoms with Gasteiger partial charge in [0, 0.05) is 11.1 Å². The zero-order valence-electron chi connectivity index (χ0n) is 13.7. The van der Waals surface area contributed by atoms with E-state index in [4.69, 9.17) is 11.6 Å². The fourth-order valence-electron chi connectivity index (χ4n) is 2.53. The molecule has 0 unspecified atom stereocenters. The highest BCUT2D eigenvalue weighted by molar-refractivity contribution is 8.00. The lowest BCUT2D eigenvalue weighted by atomic mass is 10.1. The summed E-state index contributed by atoms with van der Waals surface area (Å²) in [6.07, 6.45) is 2.08. The fraction of sp³-hybridized carbons (Fsp3) is 0.222. The largest absolute Gasteiger partial charge is 0.352 e. The molecule has 1 atom stereocenters. The van der Waals surface area contributed by atoms with Crippen LogP contribution in [-0.2, 0) is 4.79 Å². The number of aromatic nitrogens is 4. The van der Waals surface area contributed by atoms with E-state index in [-0.39, 0.29) is 5.91 Å². The molecule has 6 nitrogen and oxygen atoms in total. The predicted octanol–water partition coefficient (Wildman–Crippen LogP) is 3.43. The van der Waals surface area contributed by atoms with Crippen molar-refractivity contribution in [3.8, 4) is 5.69 Å². The first-order valence-electron chi connectivity index (χ1n) is 8.27. The van der Waals surface area contributed by atoms with Crippen molar-refractivity contribution in [2.24, 2.45) is 0 Å². The van der Waals surface area contributed by atoms with Gasteiger partial charge in [-0.3, -0.25) is 4.79 Å². The molecule has 26 heavy (non-hydrogen) atoms. The van der Waals surface area contributed by atoms with Crippen LogP contribution in [0.2, 0.25) is 5.02 Å². The minimum atomic E-state index is -0.430. The van der Waals surface area contributed by atoms with Crippen molar-refractivity contribution >= 4 is 29.3 Å². The highest BCUT2D eigenvalue weighted by Crippen LogP contribution is 2.36. The van der Waals surface area contributed by atoms with Gasteiger partial charge in [-0.15, -0.1) is 5.10 Å². The number of thioether (sulfide) groups is 1. The Hall–Kier alpha value is -2.38. The van der Waals surface area contributed by atoms with Crippen molar-refractivity contribution in [3.63, 3.8) is 0 Å². The minimum Gasteiger partial charge on any atom is -0.352 e. The molecule has 0 bridgehead atoms. The molecule has 1 aromatic heterocycles. The first-order valence-corrected chi connectivity index (χ1v) is 9.53. The van der Waals surface area contributed by atoms with E-state index in [0.717, 1.165) is 24.1 Å². The molecule has 3 aromatic rings. The summed E-state index contributed by atoms with van der Waals surface area (Å²) in [7, 11) is 0. The quantitative estimate of drug-likeness (QED) is 0.658. The molecular formula is C18H16ClN5OS. The minimum absolute atomic E-state index is 0.0238. The number of benzene rings is 2. The van der Waals surface area contributed by atoms with Gasteiger partial charge >= 0.3 is 0 Å². The second-order valence-electron chi connectivity index (χ2n) is 6.04. The third kappa shape index (κ3) is 3.89. The maximum atomic E-state index is 12.8. The molecule has 1 N–H and O–H groups in total. The summed E-state index contributed by atoms with van der Waals surface area (Å²) in [5, 5.41) is 15.7. The van der Waals surface area contributed by atoms with E-state index < -0.39 is 5.25 Å². The molecule has 1 heterocycles. The third-order valence-electron chi connectivity index (χ3n) is 3.98. The fourth-order valence-corrected chi connectivity index (χ4v) is 3.72. The van der Waals surface area contributed by atoms with Crippen LogP contribution in [0.1, 0.15) is 23.7 Å². The molecule has 1 amide bonds. The second kappa shape index (κ2) is 7.47. The molecule has 8 heteroatoms. The lowest BCUT2D eigenvalue weighted by Gasteiger charge is -2.16. The highest BCUT2D eigenvalue weighted by Gasteiger charge is 2.30. The van der Waals surface area contributed by atoms with Gasteiger partial charge in [0.2, 0.25) is 11.1 Å². The lowest BCUT2D eigenvalue weighted by molar-refractivity contribution is -0.120. The zero-order valence-corrected chi connectivity index (χ0v) is 15.3. The van der Waals surface area contributed by atoms with Gasteiger partial charge in [-0.05, 0) is 47.0 Å². The Morgan fingerprint density at radius 3 is 2.73 bits per heavy atom. The predicted molar refractivity (Wildman–Crippen MR) is 100 cm³/mol. The SMILES string of the molecule is O=C(NC1CC1)[C@H](Sc1nnnn1-c1cccc(Cl)c1)c1ccccc1. The molecule has 0 aliphatic heterocycles. The van der Waals surface area contributed by atoms with Gasteiger partial charge in [-0.25, -0.2) is 0 Å². The van der Waals surface area contributed by atoms with Gasteiger partial charge in [0.15, 0.2) is 0 Å². The second-order valence-corrected chi connectivity index (χ2v) is 7.55. The summed E-state index contributed by atoms with van der Waals surface area (Å²) >= 11 is 7.40. The molecule has 4 rings (SSSR count). The number of nitrogens with one attached hydrogen (secondary N) is 1. The Balaban J connectivity index is 1.64. The van der Waals surface area contributed by atoms with Crippen LogP contribution in [0.5, 0.6) is 0 Å². The molecule has 0 saturated heterocycles. The van der Waals surface area contributed by atoms with E-state index in [0.29, 0.717) is 16.2 Å².